The molecule has 35 heavy (non-hydrogen) atoms. The lowest BCUT2D eigenvalue weighted by atomic mass is 9.47. The van der Waals surface area contributed by atoms with Gasteiger partial charge in [-0.25, -0.2) is 0 Å². The van der Waals surface area contributed by atoms with Gasteiger partial charge in [-0.2, -0.15) is 0 Å². The highest BCUT2D eigenvalue weighted by Gasteiger charge is 2.59. The topological polar surface area (TPSA) is 85.4 Å². The molecule has 6 atom stereocenters. The van der Waals surface area contributed by atoms with Crippen LogP contribution in [0.3, 0.4) is 0 Å². The van der Waals surface area contributed by atoms with Crippen molar-refractivity contribution in [2.45, 2.75) is 90.7 Å². The van der Waals surface area contributed by atoms with Crippen LogP contribution in [0.1, 0.15) is 83.6 Å². The monoisotopic (exact) mass is 478 g/mol. The first-order valence-electron chi connectivity index (χ1n) is 13.4. The molecule has 0 bridgehead atoms. The molecule has 6 nitrogen and oxygen atoms in total. The first kappa shape index (κ1) is 24.2. The Kier molecular flexibility index (Phi) is 6.58. The van der Waals surface area contributed by atoms with E-state index >= 15 is 0 Å². The number of amides is 1. The highest BCUT2D eigenvalue weighted by molar-refractivity contribution is 5.91. The van der Waals surface area contributed by atoms with E-state index in [0.29, 0.717) is 36.5 Å². The van der Waals surface area contributed by atoms with Gasteiger partial charge < -0.3 is 10.1 Å². The second kappa shape index (κ2) is 9.51. The molecular formula is C29H38N2O4. The lowest BCUT2D eigenvalue weighted by molar-refractivity contribution is -0.160. The van der Waals surface area contributed by atoms with Crippen molar-refractivity contribution in [2.75, 3.05) is 0 Å². The van der Waals surface area contributed by atoms with Gasteiger partial charge in [-0.05, 0) is 91.9 Å². The van der Waals surface area contributed by atoms with Crippen LogP contribution in [-0.2, 0) is 25.7 Å². The number of pyridine rings is 1. The van der Waals surface area contributed by atoms with Gasteiger partial charge in [0.15, 0.2) is 5.78 Å². The van der Waals surface area contributed by atoms with Crippen molar-refractivity contribution in [1.29, 1.82) is 0 Å². The third kappa shape index (κ3) is 4.56. The number of aromatic nitrogens is 1. The van der Waals surface area contributed by atoms with Gasteiger partial charge in [0.2, 0.25) is 5.91 Å². The van der Waals surface area contributed by atoms with Crippen molar-refractivity contribution in [1.82, 2.24) is 10.3 Å². The summed E-state index contributed by atoms with van der Waals surface area (Å²) < 4.78 is 6.04. The molecule has 0 radical (unpaired) electrons. The molecule has 1 aromatic rings. The van der Waals surface area contributed by atoms with E-state index in [2.05, 4.69) is 24.1 Å². The Bertz CT molecular complexity index is 1020. The summed E-state index contributed by atoms with van der Waals surface area (Å²) in [4.78, 5) is 40.9. The molecule has 3 saturated carbocycles. The summed E-state index contributed by atoms with van der Waals surface area (Å²) in [5, 5.41) is 2.86. The van der Waals surface area contributed by atoms with E-state index in [0.717, 1.165) is 50.5 Å². The number of nitrogens with one attached hydrogen (secondary N) is 1. The van der Waals surface area contributed by atoms with Crippen LogP contribution in [0.15, 0.2) is 36.2 Å². The number of carbonyl (C=O) groups excluding carboxylic acids is 3. The third-order valence-corrected chi connectivity index (χ3v) is 9.94. The van der Waals surface area contributed by atoms with Crippen LogP contribution < -0.4 is 5.32 Å². The summed E-state index contributed by atoms with van der Waals surface area (Å²) in [6.07, 6.45) is 13.7. The average molecular weight is 479 g/mol. The van der Waals surface area contributed by atoms with Crippen LogP contribution in [0.25, 0.3) is 0 Å². The van der Waals surface area contributed by atoms with Gasteiger partial charge in [-0.1, -0.05) is 19.4 Å². The molecule has 1 N–H and O–H groups in total. The molecule has 1 amide bonds. The predicted molar refractivity (Wildman–Crippen MR) is 132 cm³/mol. The molecule has 0 spiro atoms. The summed E-state index contributed by atoms with van der Waals surface area (Å²) >= 11 is 0. The van der Waals surface area contributed by atoms with Crippen LogP contribution in [-0.4, -0.2) is 28.7 Å². The smallest absolute Gasteiger partial charge is 0.306 e. The Morgan fingerprint density at radius 2 is 1.83 bits per heavy atom. The molecule has 1 heterocycles. The molecular weight excluding hydrogens is 440 g/mol. The van der Waals surface area contributed by atoms with E-state index < -0.39 is 0 Å². The fourth-order valence-electron chi connectivity index (χ4n) is 7.93. The van der Waals surface area contributed by atoms with E-state index in [4.69, 9.17) is 4.74 Å². The fourth-order valence-corrected chi connectivity index (χ4v) is 7.93. The summed E-state index contributed by atoms with van der Waals surface area (Å²) in [5.41, 5.74) is 2.55. The zero-order valence-corrected chi connectivity index (χ0v) is 21.1. The standard InChI is InChI=1S/C29H38N2O4/c1-28-13-9-21(32)17-20(28)3-4-22-23-5-6-25(29(23,2)14-10-24(22)28)35-27(34)8-7-26(33)31-18-19-11-15-30-16-12-19/h11-12,15-17,22-25H,3-10,13-14,18H2,1-2H3,(H,31,33)/t22-,23-,24-,25-,28-,29-/m0/s1. The number of ketones is 1. The van der Waals surface area contributed by atoms with Crippen molar-refractivity contribution in [3.63, 3.8) is 0 Å². The van der Waals surface area contributed by atoms with Crippen molar-refractivity contribution in [3.05, 3.63) is 41.7 Å². The quantitative estimate of drug-likeness (QED) is 0.587. The molecule has 0 aliphatic heterocycles. The normalized spacial score (nSPS) is 35.8. The molecule has 5 rings (SSSR count). The SMILES string of the molecule is C[C@]12CC[C@H]3[C@@H](CCC4=CC(=O)CC[C@@]43C)[C@@H]1CC[C@@H]2OC(=O)CCC(=O)NCc1ccncc1. The van der Waals surface area contributed by atoms with E-state index in [9.17, 15) is 14.4 Å². The highest BCUT2D eigenvalue weighted by Crippen LogP contribution is 2.65. The first-order valence-corrected chi connectivity index (χ1v) is 13.4. The van der Waals surface area contributed by atoms with Crippen LogP contribution in [0, 0.1) is 28.6 Å². The van der Waals surface area contributed by atoms with Gasteiger partial charge in [0.1, 0.15) is 6.10 Å². The molecule has 4 aliphatic rings. The largest absolute Gasteiger partial charge is 0.462 e. The number of fused-ring (bicyclic) bond motifs is 5. The average Bonchev–Trinajstić information content (AvgIpc) is 3.18. The number of hydrogen-bond donors (Lipinski definition) is 1. The number of esters is 1. The van der Waals surface area contributed by atoms with E-state index in [1.165, 1.54) is 5.57 Å². The maximum absolute atomic E-state index is 12.7. The lowest BCUT2D eigenvalue weighted by Crippen LogP contribution is -2.51. The highest BCUT2D eigenvalue weighted by atomic mass is 16.5. The second-order valence-electron chi connectivity index (χ2n) is 11.7. The minimum Gasteiger partial charge on any atom is -0.462 e. The van der Waals surface area contributed by atoms with Crippen molar-refractivity contribution in [3.8, 4) is 0 Å². The van der Waals surface area contributed by atoms with Crippen LogP contribution in [0.4, 0.5) is 0 Å². The molecule has 0 aromatic carbocycles. The van der Waals surface area contributed by atoms with Crippen LogP contribution >= 0.6 is 0 Å². The molecule has 188 valence electrons. The van der Waals surface area contributed by atoms with Crippen molar-refractivity contribution >= 4 is 17.7 Å². The molecule has 0 saturated heterocycles. The van der Waals surface area contributed by atoms with E-state index in [1.54, 1.807) is 12.4 Å². The number of carbonyl (C=O) groups is 3. The minimum atomic E-state index is -0.260. The third-order valence-electron chi connectivity index (χ3n) is 9.94. The summed E-state index contributed by atoms with van der Waals surface area (Å²) in [5.74, 6) is 1.75. The minimum absolute atomic E-state index is 0.0164. The van der Waals surface area contributed by atoms with Crippen molar-refractivity contribution in [2.24, 2.45) is 28.6 Å². The number of hydrogen-bond acceptors (Lipinski definition) is 5. The van der Waals surface area contributed by atoms with Crippen LogP contribution in [0.2, 0.25) is 0 Å². The van der Waals surface area contributed by atoms with Gasteiger partial charge in [0, 0.05) is 37.2 Å². The Labute approximate surface area is 208 Å². The number of nitrogens with zero attached hydrogens (tertiary/aromatic N) is 1. The molecule has 0 unspecified atom stereocenters. The molecule has 1 aromatic heterocycles. The second-order valence-corrected chi connectivity index (χ2v) is 11.7. The van der Waals surface area contributed by atoms with Gasteiger partial charge >= 0.3 is 5.97 Å². The number of rotatable bonds is 6. The Morgan fingerprint density at radius 3 is 2.63 bits per heavy atom. The van der Waals surface area contributed by atoms with Gasteiger partial charge in [0.05, 0.1) is 6.42 Å². The van der Waals surface area contributed by atoms with E-state index in [-0.39, 0.29) is 41.7 Å². The van der Waals surface area contributed by atoms with Gasteiger partial charge in [-0.15, -0.1) is 0 Å². The Morgan fingerprint density at radius 1 is 1.03 bits per heavy atom. The summed E-state index contributed by atoms with van der Waals surface area (Å²) in [6.45, 7) is 5.17. The molecule has 6 heteroatoms. The Balaban J connectivity index is 1.16. The maximum atomic E-state index is 12.7. The maximum Gasteiger partial charge on any atom is 0.306 e. The Hall–Kier alpha value is -2.50. The van der Waals surface area contributed by atoms with E-state index in [1.807, 2.05) is 18.2 Å². The first-order chi connectivity index (χ1) is 16.8. The number of ether oxygens (including phenoxy) is 1. The lowest BCUT2D eigenvalue weighted by Gasteiger charge is -2.57. The van der Waals surface area contributed by atoms with Crippen molar-refractivity contribution < 1.29 is 19.1 Å². The molecule has 4 aliphatic carbocycles. The van der Waals surface area contributed by atoms with Crippen LogP contribution in [0.5, 0.6) is 0 Å². The summed E-state index contributed by atoms with van der Waals surface area (Å²) in [6, 6.07) is 3.72. The summed E-state index contributed by atoms with van der Waals surface area (Å²) in [7, 11) is 0. The van der Waals surface area contributed by atoms with Gasteiger partial charge in [-0.3, -0.25) is 19.4 Å². The molecule has 3 fully saturated rings. The number of allylic oxidation sites excluding steroid dienone is 1. The zero-order chi connectivity index (χ0) is 24.6. The van der Waals surface area contributed by atoms with Gasteiger partial charge in [0.25, 0.3) is 0 Å². The fraction of sp³-hybridized carbons (Fsp3) is 0.655. The zero-order valence-electron chi connectivity index (χ0n) is 21.1. The predicted octanol–water partition coefficient (Wildman–Crippen LogP) is 4.92.